The molecule has 0 aliphatic rings. The van der Waals surface area contributed by atoms with Crippen molar-refractivity contribution in [3.63, 3.8) is 0 Å². The van der Waals surface area contributed by atoms with E-state index < -0.39 is 5.60 Å². The molecule has 0 amide bonds. The second-order valence-corrected chi connectivity index (χ2v) is 6.32. The van der Waals surface area contributed by atoms with Crippen molar-refractivity contribution < 1.29 is 5.11 Å². The van der Waals surface area contributed by atoms with Gasteiger partial charge in [0.1, 0.15) is 0 Å². The third-order valence-corrected chi connectivity index (χ3v) is 3.47. The van der Waals surface area contributed by atoms with Gasteiger partial charge in [0.2, 0.25) is 0 Å². The van der Waals surface area contributed by atoms with Crippen molar-refractivity contribution in [2.45, 2.75) is 51.4 Å². The standard InChI is InChI=1S/C11H25NOS/c1-9(2)5-6-14-10(3)7-11(4,13)8-12/h9-10,13H,5-8,12H2,1-4H3. The summed E-state index contributed by atoms with van der Waals surface area (Å²) in [7, 11) is 0. The average molecular weight is 219 g/mol. The summed E-state index contributed by atoms with van der Waals surface area (Å²) in [5.41, 5.74) is 4.78. The first-order chi connectivity index (χ1) is 6.37. The maximum absolute atomic E-state index is 9.76. The van der Waals surface area contributed by atoms with Crippen LogP contribution in [0.25, 0.3) is 0 Å². The summed E-state index contributed by atoms with van der Waals surface area (Å²) in [5.74, 6) is 1.95. The minimum absolute atomic E-state index is 0.349. The number of thioether (sulfide) groups is 1. The van der Waals surface area contributed by atoms with E-state index in [4.69, 9.17) is 5.73 Å². The Kier molecular flexibility index (Phi) is 6.83. The van der Waals surface area contributed by atoms with Crippen LogP contribution < -0.4 is 5.73 Å². The third-order valence-electron chi connectivity index (χ3n) is 2.26. The Labute approximate surface area is 92.6 Å². The normalized spacial score (nSPS) is 18.2. The Morgan fingerprint density at radius 2 is 1.93 bits per heavy atom. The van der Waals surface area contributed by atoms with E-state index in [1.165, 1.54) is 12.2 Å². The van der Waals surface area contributed by atoms with Crippen LogP contribution in [0.15, 0.2) is 0 Å². The van der Waals surface area contributed by atoms with E-state index in [0.717, 1.165) is 12.3 Å². The zero-order chi connectivity index (χ0) is 11.2. The van der Waals surface area contributed by atoms with Gasteiger partial charge in [0, 0.05) is 11.8 Å². The van der Waals surface area contributed by atoms with E-state index in [0.29, 0.717) is 11.8 Å². The monoisotopic (exact) mass is 219 g/mol. The average Bonchev–Trinajstić information content (AvgIpc) is 2.02. The lowest BCUT2D eigenvalue weighted by molar-refractivity contribution is 0.0608. The predicted octanol–water partition coefficient (Wildman–Crippen LogP) is 2.25. The molecule has 0 aliphatic carbocycles. The summed E-state index contributed by atoms with van der Waals surface area (Å²) in [4.78, 5) is 0. The van der Waals surface area contributed by atoms with E-state index in [9.17, 15) is 5.11 Å². The highest BCUT2D eigenvalue weighted by Crippen LogP contribution is 2.22. The molecule has 0 aliphatic heterocycles. The summed E-state index contributed by atoms with van der Waals surface area (Å²) in [6.45, 7) is 8.80. The SMILES string of the molecule is CC(C)CCSC(C)CC(C)(O)CN. The zero-order valence-corrected chi connectivity index (χ0v) is 10.7. The maximum Gasteiger partial charge on any atom is 0.0751 e. The van der Waals surface area contributed by atoms with Gasteiger partial charge >= 0.3 is 0 Å². The molecule has 0 radical (unpaired) electrons. The molecule has 0 bridgehead atoms. The smallest absolute Gasteiger partial charge is 0.0751 e. The number of hydrogen-bond donors (Lipinski definition) is 2. The van der Waals surface area contributed by atoms with Gasteiger partial charge in [-0.3, -0.25) is 0 Å². The van der Waals surface area contributed by atoms with Crippen LogP contribution in [-0.4, -0.2) is 28.3 Å². The molecule has 0 saturated carbocycles. The fourth-order valence-electron chi connectivity index (χ4n) is 1.27. The van der Waals surface area contributed by atoms with Crippen LogP contribution in [0.5, 0.6) is 0 Å². The van der Waals surface area contributed by atoms with Crippen molar-refractivity contribution >= 4 is 11.8 Å². The molecule has 0 aromatic carbocycles. The van der Waals surface area contributed by atoms with Crippen molar-refractivity contribution in [3.05, 3.63) is 0 Å². The van der Waals surface area contributed by atoms with Crippen molar-refractivity contribution in [2.75, 3.05) is 12.3 Å². The van der Waals surface area contributed by atoms with Gasteiger partial charge in [0.15, 0.2) is 0 Å². The highest BCUT2D eigenvalue weighted by atomic mass is 32.2. The summed E-state index contributed by atoms with van der Waals surface area (Å²) in [6, 6.07) is 0. The van der Waals surface area contributed by atoms with E-state index in [1.54, 1.807) is 0 Å². The van der Waals surface area contributed by atoms with Gasteiger partial charge in [0.25, 0.3) is 0 Å². The lowest BCUT2D eigenvalue weighted by Crippen LogP contribution is -2.36. The minimum atomic E-state index is -0.690. The molecular weight excluding hydrogens is 194 g/mol. The predicted molar refractivity (Wildman–Crippen MR) is 65.7 cm³/mol. The van der Waals surface area contributed by atoms with Crippen LogP contribution in [0, 0.1) is 5.92 Å². The van der Waals surface area contributed by atoms with Crippen LogP contribution >= 0.6 is 11.8 Å². The van der Waals surface area contributed by atoms with Crippen LogP contribution in [0.2, 0.25) is 0 Å². The first kappa shape index (κ1) is 14.3. The second kappa shape index (κ2) is 6.70. The van der Waals surface area contributed by atoms with E-state index in [1.807, 2.05) is 18.7 Å². The lowest BCUT2D eigenvalue weighted by Gasteiger charge is -2.24. The van der Waals surface area contributed by atoms with Crippen molar-refractivity contribution in [2.24, 2.45) is 11.7 Å². The first-order valence-corrected chi connectivity index (χ1v) is 6.46. The molecule has 0 fully saturated rings. The van der Waals surface area contributed by atoms with Crippen molar-refractivity contribution in [3.8, 4) is 0 Å². The molecule has 2 unspecified atom stereocenters. The second-order valence-electron chi connectivity index (χ2n) is 4.77. The number of nitrogens with two attached hydrogens (primary N) is 1. The maximum atomic E-state index is 9.76. The van der Waals surface area contributed by atoms with Gasteiger partial charge in [-0.25, -0.2) is 0 Å². The molecular formula is C11H25NOS. The number of rotatable bonds is 7. The lowest BCUT2D eigenvalue weighted by atomic mass is 10.0. The van der Waals surface area contributed by atoms with Gasteiger partial charge in [-0.15, -0.1) is 0 Å². The molecule has 3 heteroatoms. The summed E-state index contributed by atoms with van der Waals surface area (Å²) >= 11 is 1.93. The number of hydrogen-bond acceptors (Lipinski definition) is 3. The van der Waals surface area contributed by atoms with Gasteiger partial charge in [-0.05, 0) is 31.4 Å². The Balaban J connectivity index is 3.60. The molecule has 3 N–H and O–H groups in total. The topological polar surface area (TPSA) is 46.2 Å². The molecule has 2 nitrogen and oxygen atoms in total. The largest absolute Gasteiger partial charge is 0.389 e. The van der Waals surface area contributed by atoms with Crippen molar-refractivity contribution in [1.29, 1.82) is 0 Å². The fraction of sp³-hybridized carbons (Fsp3) is 1.00. The Morgan fingerprint density at radius 1 is 1.36 bits per heavy atom. The molecule has 14 heavy (non-hydrogen) atoms. The quantitative estimate of drug-likeness (QED) is 0.690. The number of aliphatic hydroxyl groups is 1. The molecule has 0 spiro atoms. The highest BCUT2D eigenvalue weighted by Gasteiger charge is 2.21. The van der Waals surface area contributed by atoms with Gasteiger partial charge in [-0.2, -0.15) is 11.8 Å². The van der Waals surface area contributed by atoms with Gasteiger partial charge in [0.05, 0.1) is 5.60 Å². The molecule has 0 rings (SSSR count). The first-order valence-electron chi connectivity index (χ1n) is 5.41. The van der Waals surface area contributed by atoms with Crippen LogP contribution in [-0.2, 0) is 0 Å². The Hall–Kier alpha value is 0.270. The van der Waals surface area contributed by atoms with E-state index in [-0.39, 0.29) is 0 Å². The Morgan fingerprint density at radius 3 is 2.36 bits per heavy atom. The molecule has 0 aromatic rings. The third kappa shape index (κ3) is 7.65. The van der Waals surface area contributed by atoms with Crippen LogP contribution in [0.4, 0.5) is 0 Å². The van der Waals surface area contributed by atoms with Crippen molar-refractivity contribution in [1.82, 2.24) is 0 Å². The van der Waals surface area contributed by atoms with Crippen LogP contribution in [0.1, 0.15) is 40.5 Å². The molecule has 0 heterocycles. The molecule has 2 atom stereocenters. The van der Waals surface area contributed by atoms with Crippen LogP contribution in [0.3, 0.4) is 0 Å². The molecule has 0 saturated heterocycles. The van der Waals surface area contributed by atoms with Gasteiger partial charge in [-0.1, -0.05) is 20.8 Å². The highest BCUT2D eigenvalue weighted by molar-refractivity contribution is 7.99. The fourth-order valence-corrected chi connectivity index (χ4v) is 2.75. The molecule has 0 aromatic heterocycles. The summed E-state index contributed by atoms with van der Waals surface area (Å²) < 4.78 is 0. The Bertz CT molecular complexity index is 148. The summed E-state index contributed by atoms with van der Waals surface area (Å²) in [5, 5.41) is 10.3. The van der Waals surface area contributed by atoms with E-state index in [2.05, 4.69) is 20.8 Å². The van der Waals surface area contributed by atoms with Gasteiger partial charge < -0.3 is 10.8 Å². The van der Waals surface area contributed by atoms with E-state index >= 15 is 0 Å². The zero-order valence-electron chi connectivity index (χ0n) is 9.92. The summed E-state index contributed by atoms with van der Waals surface area (Å²) in [6.07, 6.45) is 2.03. The minimum Gasteiger partial charge on any atom is -0.389 e. The molecule has 86 valence electrons.